The van der Waals surface area contributed by atoms with Gasteiger partial charge in [-0.05, 0) is 23.8 Å². The second kappa shape index (κ2) is 7.09. The van der Waals surface area contributed by atoms with E-state index >= 15 is 0 Å². The molecular weight excluding hydrogens is 358 g/mol. The van der Waals surface area contributed by atoms with Crippen LogP contribution >= 0.6 is 27.3 Å². The van der Waals surface area contributed by atoms with Gasteiger partial charge in [0.2, 0.25) is 5.91 Å². The molecule has 1 heterocycles. The third-order valence-corrected chi connectivity index (χ3v) is 3.95. The van der Waals surface area contributed by atoms with Crippen LogP contribution in [0.25, 0.3) is 0 Å². The Morgan fingerprint density at radius 2 is 2.05 bits per heavy atom. The maximum Gasteiger partial charge on any atom is 0.324 e. The van der Waals surface area contributed by atoms with Crippen molar-refractivity contribution in [3.8, 4) is 0 Å². The number of nitrogens with zero attached hydrogens (tertiary/aromatic N) is 2. The first-order chi connectivity index (χ1) is 10.0. The topological polar surface area (TPSA) is 84.6 Å². The standard InChI is InChI=1S/C13H10BrN3O3S/c14-10-3-1-9(2-4-10)7-12(18)16-15-8-11-5-6-13(21-11)17(19)20/h1-6,8H,7H2,(H,16,18). The van der Waals surface area contributed by atoms with Gasteiger partial charge < -0.3 is 0 Å². The van der Waals surface area contributed by atoms with Gasteiger partial charge in [-0.15, -0.1) is 0 Å². The molecule has 8 heteroatoms. The molecule has 2 rings (SSSR count). The van der Waals surface area contributed by atoms with Gasteiger partial charge in [0.1, 0.15) is 0 Å². The Bertz CT molecular complexity index is 682. The number of nitro groups is 1. The SMILES string of the molecule is O=C(Cc1ccc(Br)cc1)NN=Cc1ccc([N+](=O)[O-])s1. The molecule has 0 fully saturated rings. The third kappa shape index (κ3) is 4.76. The second-order valence-electron chi connectivity index (χ2n) is 4.03. The van der Waals surface area contributed by atoms with Crippen LogP contribution in [0.1, 0.15) is 10.4 Å². The molecule has 0 saturated heterocycles. The Morgan fingerprint density at radius 1 is 1.33 bits per heavy atom. The molecule has 1 amide bonds. The molecule has 0 saturated carbocycles. The minimum Gasteiger partial charge on any atom is -0.273 e. The summed E-state index contributed by atoms with van der Waals surface area (Å²) < 4.78 is 0.948. The highest BCUT2D eigenvalue weighted by Crippen LogP contribution is 2.22. The molecule has 0 radical (unpaired) electrons. The normalized spacial score (nSPS) is 10.7. The Labute approximate surface area is 132 Å². The highest BCUT2D eigenvalue weighted by molar-refractivity contribution is 9.10. The van der Waals surface area contributed by atoms with Crippen LogP contribution in [0, 0.1) is 10.1 Å². The molecule has 1 aromatic carbocycles. The Kier molecular flexibility index (Phi) is 5.18. The minimum absolute atomic E-state index is 0.0395. The van der Waals surface area contributed by atoms with E-state index in [9.17, 15) is 14.9 Å². The first kappa shape index (κ1) is 15.3. The summed E-state index contributed by atoms with van der Waals surface area (Å²) in [4.78, 5) is 22.3. The number of thiophene rings is 1. The number of benzene rings is 1. The first-order valence-corrected chi connectivity index (χ1v) is 7.46. The Morgan fingerprint density at radius 3 is 2.67 bits per heavy atom. The van der Waals surface area contributed by atoms with Crippen molar-refractivity contribution in [3.05, 3.63) is 61.4 Å². The van der Waals surface area contributed by atoms with Gasteiger partial charge in [0.05, 0.1) is 22.4 Å². The van der Waals surface area contributed by atoms with Gasteiger partial charge in [0, 0.05) is 10.5 Å². The minimum atomic E-state index is -0.464. The van der Waals surface area contributed by atoms with Crippen molar-refractivity contribution in [2.24, 2.45) is 5.10 Å². The van der Waals surface area contributed by atoms with Gasteiger partial charge in [0.15, 0.2) is 0 Å². The summed E-state index contributed by atoms with van der Waals surface area (Å²) in [6.45, 7) is 0. The summed E-state index contributed by atoms with van der Waals surface area (Å²) in [6, 6.07) is 10.4. The number of carbonyl (C=O) groups is 1. The van der Waals surface area contributed by atoms with Crippen LogP contribution in [-0.2, 0) is 11.2 Å². The van der Waals surface area contributed by atoms with E-state index < -0.39 is 4.92 Å². The largest absolute Gasteiger partial charge is 0.324 e. The van der Waals surface area contributed by atoms with Gasteiger partial charge in [-0.2, -0.15) is 5.10 Å². The second-order valence-corrected chi connectivity index (χ2v) is 6.04. The van der Waals surface area contributed by atoms with Gasteiger partial charge in [-0.1, -0.05) is 39.4 Å². The van der Waals surface area contributed by atoms with E-state index in [1.165, 1.54) is 12.3 Å². The number of hydrazone groups is 1. The quantitative estimate of drug-likeness (QED) is 0.500. The number of hydrogen-bond acceptors (Lipinski definition) is 5. The van der Waals surface area contributed by atoms with E-state index in [1.54, 1.807) is 6.07 Å². The fourth-order valence-corrected chi connectivity index (χ4v) is 2.46. The zero-order chi connectivity index (χ0) is 15.2. The summed E-state index contributed by atoms with van der Waals surface area (Å²) in [5.41, 5.74) is 3.26. The lowest BCUT2D eigenvalue weighted by atomic mass is 10.1. The maximum absolute atomic E-state index is 11.7. The number of nitrogens with one attached hydrogen (secondary N) is 1. The highest BCUT2D eigenvalue weighted by atomic mass is 79.9. The van der Waals surface area contributed by atoms with E-state index in [0.717, 1.165) is 21.4 Å². The molecule has 0 spiro atoms. The van der Waals surface area contributed by atoms with E-state index in [0.29, 0.717) is 4.88 Å². The summed E-state index contributed by atoms with van der Waals surface area (Å²) in [6.07, 6.45) is 1.60. The zero-order valence-corrected chi connectivity index (χ0v) is 13.1. The molecule has 2 aromatic rings. The molecule has 0 atom stereocenters. The lowest BCUT2D eigenvalue weighted by Crippen LogP contribution is -2.19. The van der Waals surface area contributed by atoms with Gasteiger partial charge in [0.25, 0.3) is 0 Å². The van der Waals surface area contributed by atoms with Crippen LogP contribution in [-0.4, -0.2) is 17.0 Å². The fourth-order valence-electron chi connectivity index (χ4n) is 1.50. The molecular formula is C13H10BrN3O3S. The van der Waals surface area contributed by atoms with Crippen LogP contribution in [0.5, 0.6) is 0 Å². The van der Waals surface area contributed by atoms with Gasteiger partial charge in [-0.3, -0.25) is 14.9 Å². The number of halogens is 1. The van der Waals surface area contributed by atoms with Crippen molar-refractivity contribution in [1.82, 2.24) is 5.43 Å². The first-order valence-electron chi connectivity index (χ1n) is 5.85. The van der Waals surface area contributed by atoms with Crippen LogP contribution in [0.3, 0.4) is 0 Å². The molecule has 1 aromatic heterocycles. The molecule has 0 bridgehead atoms. The molecule has 1 N–H and O–H groups in total. The smallest absolute Gasteiger partial charge is 0.273 e. The Balaban J connectivity index is 1.86. The van der Waals surface area contributed by atoms with Crippen LogP contribution < -0.4 is 5.43 Å². The molecule has 0 aliphatic heterocycles. The van der Waals surface area contributed by atoms with E-state index in [2.05, 4.69) is 26.5 Å². The zero-order valence-electron chi connectivity index (χ0n) is 10.7. The molecule has 0 aliphatic rings. The Hall–Kier alpha value is -2.06. The van der Waals surface area contributed by atoms with Crippen molar-refractivity contribution in [3.63, 3.8) is 0 Å². The predicted octanol–water partition coefficient (Wildman–Crippen LogP) is 3.11. The van der Waals surface area contributed by atoms with Crippen molar-refractivity contribution in [2.45, 2.75) is 6.42 Å². The maximum atomic E-state index is 11.7. The van der Waals surface area contributed by atoms with Crippen LogP contribution in [0.15, 0.2) is 46.0 Å². The number of carbonyl (C=O) groups excluding carboxylic acids is 1. The van der Waals surface area contributed by atoms with Crippen molar-refractivity contribution >= 4 is 44.4 Å². The van der Waals surface area contributed by atoms with E-state index in [1.807, 2.05) is 24.3 Å². The van der Waals surface area contributed by atoms with Gasteiger partial charge >= 0.3 is 5.00 Å². The average molecular weight is 368 g/mol. The average Bonchev–Trinajstić information content (AvgIpc) is 2.90. The van der Waals surface area contributed by atoms with E-state index in [4.69, 9.17) is 0 Å². The monoisotopic (exact) mass is 367 g/mol. The summed E-state index contributed by atoms with van der Waals surface area (Å²) >= 11 is 4.31. The third-order valence-electron chi connectivity index (χ3n) is 2.45. The molecule has 0 unspecified atom stereocenters. The van der Waals surface area contributed by atoms with Crippen molar-refractivity contribution in [1.29, 1.82) is 0 Å². The van der Waals surface area contributed by atoms with E-state index in [-0.39, 0.29) is 17.3 Å². The summed E-state index contributed by atoms with van der Waals surface area (Å²) in [5.74, 6) is -0.250. The van der Waals surface area contributed by atoms with Crippen LogP contribution in [0.4, 0.5) is 5.00 Å². The number of amides is 1. The number of rotatable bonds is 5. The highest BCUT2D eigenvalue weighted by Gasteiger charge is 2.08. The van der Waals surface area contributed by atoms with Crippen molar-refractivity contribution < 1.29 is 9.72 Å². The van der Waals surface area contributed by atoms with Crippen molar-refractivity contribution in [2.75, 3.05) is 0 Å². The molecule has 21 heavy (non-hydrogen) atoms. The lowest BCUT2D eigenvalue weighted by Gasteiger charge is -2.00. The number of hydrogen-bond donors (Lipinski definition) is 1. The molecule has 108 valence electrons. The summed E-state index contributed by atoms with van der Waals surface area (Å²) in [5, 5.41) is 14.3. The lowest BCUT2D eigenvalue weighted by molar-refractivity contribution is -0.380. The fraction of sp³-hybridized carbons (Fsp3) is 0.0769. The van der Waals surface area contributed by atoms with Crippen LogP contribution in [0.2, 0.25) is 0 Å². The summed E-state index contributed by atoms with van der Waals surface area (Å²) in [7, 11) is 0. The molecule has 6 nitrogen and oxygen atoms in total. The molecule has 0 aliphatic carbocycles. The predicted molar refractivity (Wildman–Crippen MR) is 84.6 cm³/mol. The van der Waals surface area contributed by atoms with Gasteiger partial charge in [-0.25, -0.2) is 5.43 Å².